The number of carbonyl (C=O) groups is 1. The number of rotatable bonds is 1. The van der Waals surface area contributed by atoms with E-state index in [1.165, 1.54) is 7.11 Å². The van der Waals surface area contributed by atoms with Crippen molar-refractivity contribution in [2.45, 2.75) is 20.8 Å². The van der Waals surface area contributed by atoms with Crippen LogP contribution in [0.5, 0.6) is 0 Å². The Morgan fingerprint density at radius 3 is 2.71 bits per heavy atom. The van der Waals surface area contributed by atoms with Crippen LogP contribution in [0.25, 0.3) is 5.65 Å². The van der Waals surface area contributed by atoms with Gasteiger partial charge in [0.1, 0.15) is 5.65 Å². The van der Waals surface area contributed by atoms with Crippen LogP contribution in [-0.2, 0) is 4.74 Å². The van der Waals surface area contributed by atoms with Gasteiger partial charge in [0, 0.05) is 22.6 Å². The van der Waals surface area contributed by atoms with E-state index in [9.17, 15) is 4.79 Å². The number of hydrogen-bond donors (Lipinski definition) is 0. The van der Waals surface area contributed by atoms with Gasteiger partial charge in [-0.1, -0.05) is 13.8 Å². The Balaban J connectivity index is 0.000000686. The monoisotopic (exact) mass is 298 g/mol. The summed E-state index contributed by atoms with van der Waals surface area (Å²) < 4.78 is 7.26. The third kappa shape index (κ3) is 2.66. The van der Waals surface area contributed by atoms with E-state index in [2.05, 4.69) is 25.7 Å². The van der Waals surface area contributed by atoms with E-state index in [1.54, 1.807) is 12.3 Å². The van der Waals surface area contributed by atoms with Crippen molar-refractivity contribution in [1.82, 2.24) is 9.38 Å². The lowest BCUT2D eigenvalue weighted by atomic mass is 10.2. The maximum atomic E-state index is 11.4. The summed E-state index contributed by atoms with van der Waals surface area (Å²) in [5.41, 5.74) is 2.23. The van der Waals surface area contributed by atoms with E-state index in [0.29, 0.717) is 10.0 Å². The zero-order valence-electron chi connectivity index (χ0n) is 10.3. The maximum Gasteiger partial charge on any atom is 0.339 e. The number of carbonyl (C=O) groups excluding carboxylic acids is 1. The van der Waals surface area contributed by atoms with Gasteiger partial charge in [-0.3, -0.25) is 0 Å². The van der Waals surface area contributed by atoms with Gasteiger partial charge in [0.05, 0.1) is 12.7 Å². The summed E-state index contributed by atoms with van der Waals surface area (Å²) in [7, 11) is 1.36. The summed E-state index contributed by atoms with van der Waals surface area (Å²) in [4.78, 5) is 15.6. The van der Waals surface area contributed by atoms with Crippen molar-refractivity contribution in [2.75, 3.05) is 7.11 Å². The summed E-state index contributed by atoms with van der Waals surface area (Å²) in [6.45, 7) is 5.95. The molecule has 0 spiro atoms. The Morgan fingerprint density at radius 1 is 1.47 bits per heavy atom. The molecule has 0 atom stereocenters. The first-order chi connectivity index (χ1) is 8.13. The molecule has 17 heavy (non-hydrogen) atoms. The summed E-state index contributed by atoms with van der Waals surface area (Å²) in [5, 5.41) is 0. The molecule has 2 rings (SSSR count). The lowest BCUT2D eigenvalue weighted by Crippen LogP contribution is -2.03. The topological polar surface area (TPSA) is 43.6 Å². The van der Waals surface area contributed by atoms with Crippen molar-refractivity contribution in [3.8, 4) is 0 Å². The molecule has 5 heteroatoms. The number of nitrogens with zero attached hydrogens (tertiary/aromatic N) is 2. The van der Waals surface area contributed by atoms with E-state index < -0.39 is 0 Å². The van der Waals surface area contributed by atoms with Crippen LogP contribution < -0.4 is 0 Å². The SMILES string of the molecule is CC.COC(=O)c1cc2ncc(C)n2cc1Br. The van der Waals surface area contributed by atoms with Gasteiger partial charge in [0.15, 0.2) is 0 Å². The number of methoxy groups -OCH3 is 1. The first-order valence-corrected chi connectivity index (χ1v) is 6.14. The molecule has 0 aliphatic heterocycles. The second kappa shape index (κ2) is 5.82. The van der Waals surface area contributed by atoms with Crippen LogP contribution >= 0.6 is 15.9 Å². The van der Waals surface area contributed by atoms with Gasteiger partial charge >= 0.3 is 5.97 Å². The number of esters is 1. The molecule has 2 aromatic rings. The molecule has 2 aromatic heterocycles. The fourth-order valence-electron chi connectivity index (χ4n) is 1.39. The van der Waals surface area contributed by atoms with Crippen LogP contribution in [0, 0.1) is 6.92 Å². The molecule has 0 aromatic carbocycles. The highest BCUT2D eigenvalue weighted by Gasteiger charge is 2.12. The van der Waals surface area contributed by atoms with E-state index in [0.717, 1.165) is 11.3 Å². The Labute approximate surface area is 109 Å². The lowest BCUT2D eigenvalue weighted by molar-refractivity contribution is 0.0599. The van der Waals surface area contributed by atoms with E-state index >= 15 is 0 Å². The van der Waals surface area contributed by atoms with Gasteiger partial charge < -0.3 is 9.14 Å². The molecule has 0 bridgehead atoms. The second-order valence-electron chi connectivity index (χ2n) is 3.15. The largest absolute Gasteiger partial charge is 0.465 e. The van der Waals surface area contributed by atoms with Crippen LogP contribution in [0.3, 0.4) is 0 Å². The molecule has 2 heterocycles. The Morgan fingerprint density at radius 2 is 2.12 bits per heavy atom. The lowest BCUT2D eigenvalue weighted by Gasteiger charge is -2.04. The molecule has 0 amide bonds. The Bertz CT molecular complexity index is 535. The van der Waals surface area contributed by atoms with Crippen molar-refractivity contribution in [2.24, 2.45) is 0 Å². The van der Waals surface area contributed by atoms with Gasteiger partial charge in [0.2, 0.25) is 0 Å². The Hall–Kier alpha value is -1.36. The summed E-state index contributed by atoms with van der Waals surface area (Å²) in [6.07, 6.45) is 3.56. The van der Waals surface area contributed by atoms with Gasteiger partial charge in [-0.25, -0.2) is 9.78 Å². The number of pyridine rings is 1. The molecule has 0 radical (unpaired) electrons. The Kier molecular flexibility index (Phi) is 4.69. The molecule has 0 fully saturated rings. The average molecular weight is 299 g/mol. The predicted molar refractivity (Wildman–Crippen MR) is 70.3 cm³/mol. The minimum absolute atomic E-state index is 0.370. The number of ether oxygens (including phenoxy) is 1. The summed E-state index contributed by atoms with van der Waals surface area (Å²) in [6, 6.07) is 1.70. The van der Waals surface area contributed by atoms with Gasteiger partial charge in [-0.2, -0.15) is 0 Å². The number of fused-ring (bicyclic) bond motifs is 1. The zero-order chi connectivity index (χ0) is 13.0. The molecule has 0 saturated heterocycles. The van der Waals surface area contributed by atoms with Crippen LogP contribution in [-0.4, -0.2) is 22.5 Å². The average Bonchev–Trinajstić information content (AvgIpc) is 2.71. The first-order valence-electron chi connectivity index (χ1n) is 5.35. The fraction of sp³-hybridized carbons (Fsp3) is 0.333. The zero-order valence-corrected chi connectivity index (χ0v) is 11.9. The van der Waals surface area contributed by atoms with Crippen molar-refractivity contribution in [3.63, 3.8) is 0 Å². The quantitative estimate of drug-likeness (QED) is 0.759. The van der Waals surface area contributed by atoms with Crippen molar-refractivity contribution in [1.29, 1.82) is 0 Å². The third-order valence-corrected chi connectivity index (χ3v) is 2.82. The molecule has 0 unspecified atom stereocenters. The van der Waals surface area contributed by atoms with E-state index in [1.807, 2.05) is 31.4 Å². The van der Waals surface area contributed by atoms with Crippen molar-refractivity contribution in [3.05, 3.63) is 34.2 Å². The van der Waals surface area contributed by atoms with E-state index in [4.69, 9.17) is 0 Å². The number of aromatic nitrogens is 2. The number of aryl methyl sites for hydroxylation is 1. The van der Waals surface area contributed by atoms with Gasteiger partial charge in [0.25, 0.3) is 0 Å². The number of halogens is 1. The summed E-state index contributed by atoms with van der Waals surface area (Å²) in [5.74, 6) is -0.370. The predicted octanol–water partition coefficient (Wildman–Crippen LogP) is 3.22. The van der Waals surface area contributed by atoms with Crippen molar-refractivity contribution >= 4 is 27.5 Å². The molecule has 92 valence electrons. The van der Waals surface area contributed by atoms with Crippen LogP contribution in [0.1, 0.15) is 29.9 Å². The van der Waals surface area contributed by atoms with Crippen molar-refractivity contribution < 1.29 is 9.53 Å². The number of hydrogen-bond acceptors (Lipinski definition) is 3. The second-order valence-corrected chi connectivity index (χ2v) is 4.01. The minimum atomic E-state index is -0.370. The van der Waals surface area contributed by atoms with Crippen LogP contribution in [0.4, 0.5) is 0 Å². The third-order valence-electron chi connectivity index (χ3n) is 2.19. The van der Waals surface area contributed by atoms with Gasteiger partial charge in [-0.15, -0.1) is 0 Å². The molecule has 0 saturated carbocycles. The molecular formula is C12H15BrN2O2. The molecule has 0 aliphatic rings. The van der Waals surface area contributed by atoms with Crippen LogP contribution in [0.15, 0.2) is 22.9 Å². The fourth-order valence-corrected chi connectivity index (χ4v) is 1.87. The first kappa shape index (κ1) is 13.7. The molecule has 4 nitrogen and oxygen atoms in total. The highest BCUT2D eigenvalue weighted by molar-refractivity contribution is 9.10. The van der Waals surface area contributed by atoms with Gasteiger partial charge in [-0.05, 0) is 28.9 Å². The highest BCUT2D eigenvalue weighted by atomic mass is 79.9. The normalized spacial score (nSPS) is 9.71. The minimum Gasteiger partial charge on any atom is -0.465 e. The maximum absolute atomic E-state index is 11.4. The molecule has 0 N–H and O–H groups in total. The number of imidazole rings is 1. The molecular weight excluding hydrogens is 284 g/mol. The van der Waals surface area contributed by atoms with E-state index in [-0.39, 0.29) is 5.97 Å². The van der Waals surface area contributed by atoms with Crippen LogP contribution in [0.2, 0.25) is 0 Å². The molecule has 0 aliphatic carbocycles. The standard InChI is InChI=1S/C10H9BrN2O2.C2H6/c1-6-4-12-9-3-7(10(14)15-2)8(11)5-13(6)9;1-2/h3-5H,1-2H3;1-2H3. The highest BCUT2D eigenvalue weighted by Crippen LogP contribution is 2.20. The summed E-state index contributed by atoms with van der Waals surface area (Å²) >= 11 is 3.33. The smallest absolute Gasteiger partial charge is 0.339 e.